The molecule has 0 fully saturated rings. The highest BCUT2D eigenvalue weighted by Gasteiger charge is 2.29. The van der Waals surface area contributed by atoms with Crippen molar-refractivity contribution < 1.29 is 22.7 Å². The van der Waals surface area contributed by atoms with Crippen LogP contribution >= 0.6 is 11.6 Å². The number of anilines is 1. The van der Waals surface area contributed by atoms with Gasteiger partial charge in [-0.1, -0.05) is 23.7 Å². The van der Waals surface area contributed by atoms with Gasteiger partial charge < -0.3 is 15.0 Å². The average molecular weight is 468 g/mol. The van der Waals surface area contributed by atoms with E-state index in [0.29, 0.717) is 16.5 Å². The summed E-state index contributed by atoms with van der Waals surface area (Å²) in [6.07, 6.45) is 1.02. The number of ether oxygens (including phenoxy) is 1. The maximum Gasteiger partial charge on any atom is 0.244 e. The molecule has 2 aromatic rings. The van der Waals surface area contributed by atoms with Crippen molar-refractivity contribution in [2.75, 3.05) is 31.3 Å². The van der Waals surface area contributed by atoms with Crippen LogP contribution in [-0.2, 0) is 26.2 Å². The number of nitrogens with zero attached hydrogens (tertiary/aromatic N) is 2. The third-order valence-corrected chi connectivity index (χ3v) is 6.11. The minimum Gasteiger partial charge on any atom is -0.497 e. The van der Waals surface area contributed by atoms with Crippen molar-refractivity contribution in [1.82, 2.24) is 10.2 Å². The summed E-state index contributed by atoms with van der Waals surface area (Å²) in [5, 5.41) is 2.97. The number of halogens is 1. The van der Waals surface area contributed by atoms with E-state index < -0.39 is 28.5 Å². The first-order chi connectivity index (χ1) is 14.6. The van der Waals surface area contributed by atoms with Crippen molar-refractivity contribution in [3.8, 4) is 5.75 Å². The van der Waals surface area contributed by atoms with Crippen molar-refractivity contribution in [1.29, 1.82) is 0 Å². The first-order valence-electron chi connectivity index (χ1n) is 9.44. The Morgan fingerprint density at radius 1 is 1.10 bits per heavy atom. The fourth-order valence-electron chi connectivity index (χ4n) is 2.94. The molecule has 31 heavy (non-hydrogen) atoms. The molecule has 0 aromatic heterocycles. The van der Waals surface area contributed by atoms with E-state index in [1.165, 1.54) is 24.1 Å². The van der Waals surface area contributed by atoms with Gasteiger partial charge in [0, 0.05) is 18.6 Å². The van der Waals surface area contributed by atoms with Crippen LogP contribution in [0.2, 0.25) is 5.02 Å². The maximum atomic E-state index is 13.2. The van der Waals surface area contributed by atoms with Crippen molar-refractivity contribution in [3.63, 3.8) is 0 Å². The number of nitrogens with one attached hydrogen (secondary N) is 1. The third-order valence-electron chi connectivity index (χ3n) is 4.72. The summed E-state index contributed by atoms with van der Waals surface area (Å²) in [5.41, 5.74) is 1.07. The molecular weight excluding hydrogens is 442 g/mol. The summed E-state index contributed by atoms with van der Waals surface area (Å²) in [6.45, 7) is 1.25. The number of hydrogen-bond acceptors (Lipinski definition) is 5. The highest BCUT2D eigenvalue weighted by Crippen LogP contribution is 2.21. The van der Waals surface area contributed by atoms with Crippen molar-refractivity contribution >= 4 is 39.1 Å². The Balaban J connectivity index is 2.34. The molecule has 0 saturated heterocycles. The van der Waals surface area contributed by atoms with Crippen LogP contribution in [0.25, 0.3) is 0 Å². The number of amides is 2. The zero-order valence-corrected chi connectivity index (χ0v) is 19.4. The number of carbonyl (C=O) groups is 2. The van der Waals surface area contributed by atoms with Gasteiger partial charge in [0.2, 0.25) is 21.8 Å². The molecule has 0 saturated carbocycles. The van der Waals surface area contributed by atoms with Gasteiger partial charge in [0.15, 0.2) is 0 Å². The lowest BCUT2D eigenvalue weighted by molar-refractivity contribution is -0.139. The lowest BCUT2D eigenvalue weighted by Crippen LogP contribution is -2.50. The molecule has 2 aromatic carbocycles. The molecule has 0 unspecified atom stereocenters. The molecule has 2 amide bonds. The Bertz CT molecular complexity index is 1010. The number of rotatable bonds is 9. The summed E-state index contributed by atoms with van der Waals surface area (Å²) in [7, 11) is -0.739. The minimum atomic E-state index is -3.77. The maximum absolute atomic E-state index is 13.2. The molecule has 2 rings (SSSR count). The minimum absolute atomic E-state index is 0.121. The molecule has 0 aliphatic heterocycles. The van der Waals surface area contributed by atoms with Crippen LogP contribution in [-0.4, -0.2) is 58.1 Å². The number of methoxy groups -OCH3 is 1. The van der Waals surface area contributed by atoms with Gasteiger partial charge in [-0.05, 0) is 48.9 Å². The molecule has 1 N–H and O–H groups in total. The SMILES string of the molecule is CNC(=O)[C@H](C)N(Cc1ccc(OC)cc1)C(=O)CN(c1ccc(Cl)cc1)S(C)(=O)=O. The summed E-state index contributed by atoms with van der Waals surface area (Å²) in [6, 6.07) is 12.4. The van der Waals surface area contributed by atoms with Gasteiger partial charge >= 0.3 is 0 Å². The molecule has 0 bridgehead atoms. The van der Waals surface area contributed by atoms with Gasteiger partial charge in [0.05, 0.1) is 19.1 Å². The molecular formula is C21H26ClN3O5S. The highest BCUT2D eigenvalue weighted by molar-refractivity contribution is 7.92. The van der Waals surface area contributed by atoms with Crippen LogP contribution in [0.3, 0.4) is 0 Å². The Labute approximate surface area is 187 Å². The van der Waals surface area contributed by atoms with Gasteiger partial charge in [-0.3, -0.25) is 13.9 Å². The molecule has 0 spiro atoms. The topological polar surface area (TPSA) is 96.0 Å². The second-order valence-electron chi connectivity index (χ2n) is 6.91. The normalized spacial score (nSPS) is 12.0. The number of carbonyl (C=O) groups excluding carboxylic acids is 2. The Morgan fingerprint density at radius 2 is 1.68 bits per heavy atom. The van der Waals surface area contributed by atoms with E-state index in [9.17, 15) is 18.0 Å². The first-order valence-corrected chi connectivity index (χ1v) is 11.7. The van der Waals surface area contributed by atoms with Gasteiger partial charge in [0.1, 0.15) is 18.3 Å². The summed E-state index contributed by atoms with van der Waals surface area (Å²) < 4.78 is 30.9. The number of likely N-dealkylation sites (N-methyl/N-ethyl adjacent to an activating group) is 1. The number of hydrogen-bond donors (Lipinski definition) is 1. The van der Waals surface area contributed by atoms with E-state index in [1.54, 1.807) is 50.4 Å². The summed E-state index contributed by atoms with van der Waals surface area (Å²) >= 11 is 5.89. The van der Waals surface area contributed by atoms with Crippen LogP contribution in [0.1, 0.15) is 12.5 Å². The fraction of sp³-hybridized carbons (Fsp3) is 0.333. The molecule has 0 radical (unpaired) electrons. The molecule has 0 heterocycles. The number of benzene rings is 2. The summed E-state index contributed by atoms with van der Waals surface area (Å²) in [5.74, 6) is -0.224. The molecule has 10 heteroatoms. The Kier molecular flexibility index (Phi) is 8.29. The van der Waals surface area contributed by atoms with Crippen LogP contribution in [0.5, 0.6) is 5.75 Å². The van der Waals surface area contributed by atoms with E-state index in [1.807, 2.05) is 0 Å². The number of sulfonamides is 1. The average Bonchev–Trinajstić information content (AvgIpc) is 2.75. The predicted molar refractivity (Wildman–Crippen MR) is 121 cm³/mol. The quantitative estimate of drug-likeness (QED) is 0.610. The van der Waals surface area contributed by atoms with E-state index in [0.717, 1.165) is 16.1 Å². The van der Waals surface area contributed by atoms with Crippen LogP contribution in [0.15, 0.2) is 48.5 Å². The molecule has 8 nitrogen and oxygen atoms in total. The van der Waals surface area contributed by atoms with Crippen LogP contribution in [0, 0.1) is 0 Å². The standard InChI is InChI=1S/C21H26ClN3O5S/c1-15(21(27)23-2)24(13-16-5-11-19(30-3)12-6-16)20(26)14-25(31(4,28)29)18-9-7-17(22)8-10-18/h5-12,15H,13-14H2,1-4H3,(H,23,27)/t15-/m0/s1. The molecule has 0 aliphatic carbocycles. The zero-order valence-electron chi connectivity index (χ0n) is 17.8. The first kappa shape index (κ1) is 24.5. The smallest absolute Gasteiger partial charge is 0.244 e. The van der Waals surface area contributed by atoms with Crippen LogP contribution < -0.4 is 14.4 Å². The van der Waals surface area contributed by atoms with Gasteiger partial charge in [-0.2, -0.15) is 0 Å². The van der Waals surface area contributed by atoms with E-state index in [2.05, 4.69) is 5.32 Å². The van der Waals surface area contributed by atoms with E-state index in [4.69, 9.17) is 16.3 Å². The van der Waals surface area contributed by atoms with Crippen molar-refractivity contribution in [2.24, 2.45) is 0 Å². The second kappa shape index (κ2) is 10.5. The molecule has 168 valence electrons. The third kappa shape index (κ3) is 6.60. The zero-order chi connectivity index (χ0) is 23.2. The van der Waals surface area contributed by atoms with Gasteiger partial charge in [0.25, 0.3) is 0 Å². The lowest BCUT2D eigenvalue weighted by atomic mass is 10.1. The fourth-order valence-corrected chi connectivity index (χ4v) is 3.92. The lowest BCUT2D eigenvalue weighted by Gasteiger charge is -2.31. The Hall–Kier alpha value is -2.78. The van der Waals surface area contributed by atoms with Gasteiger partial charge in [-0.15, -0.1) is 0 Å². The largest absolute Gasteiger partial charge is 0.497 e. The molecule has 0 aliphatic rings. The summed E-state index contributed by atoms with van der Waals surface area (Å²) in [4.78, 5) is 26.8. The second-order valence-corrected chi connectivity index (χ2v) is 9.25. The van der Waals surface area contributed by atoms with E-state index >= 15 is 0 Å². The van der Waals surface area contributed by atoms with Crippen molar-refractivity contribution in [2.45, 2.75) is 19.5 Å². The monoisotopic (exact) mass is 467 g/mol. The highest BCUT2D eigenvalue weighted by atomic mass is 35.5. The van der Waals surface area contributed by atoms with E-state index in [-0.39, 0.29) is 12.5 Å². The van der Waals surface area contributed by atoms with Crippen LogP contribution in [0.4, 0.5) is 5.69 Å². The van der Waals surface area contributed by atoms with Crippen molar-refractivity contribution in [3.05, 3.63) is 59.1 Å². The Morgan fingerprint density at radius 3 is 2.16 bits per heavy atom. The predicted octanol–water partition coefficient (Wildman–Crippen LogP) is 2.28. The van der Waals surface area contributed by atoms with Gasteiger partial charge in [-0.25, -0.2) is 8.42 Å². The molecule has 1 atom stereocenters.